The van der Waals surface area contributed by atoms with Crippen molar-refractivity contribution in [3.63, 3.8) is 0 Å². The van der Waals surface area contributed by atoms with Crippen LogP contribution in [0.25, 0.3) is 0 Å². The van der Waals surface area contributed by atoms with Gasteiger partial charge in [-0.3, -0.25) is 14.6 Å². The molecule has 0 spiro atoms. The molecule has 24 heavy (non-hydrogen) atoms. The van der Waals surface area contributed by atoms with Crippen LogP contribution in [0.5, 0.6) is 0 Å². The third kappa shape index (κ3) is 4.12. The molecule has 0 radical (unpaired) electrons. The normalized spacial score (nSPS) is 25.8. The van der Waals surface area contributed by atoms with Crippen LogP contribution < -0.4 is 5.32 Å². The van der Waals surface area contributed by atoms with Crippen molar-refractivity contribution in [2.75, 3.05) is 32.7 Å². The van der Waals surface area contributed by atoms with Gasteiger partial charge in [-0.1, -0.05) is 0 Å². The SMILES string of the molecule is CC(=O)NC1CCN(C[C@@]2(O)CCN(C(=O)c3cncs3)C2)CC1. The summed E-state index contributed by atoms with van der Waals surface area (Å²) < 4.78 is 0. The van der Waals surface area contributed by atoms with Gasteiger partial charge in [0.15, 0.2) is 0 Å². The Morgan fingerprint density at radius 2 is 2.17 bits per heavy atom. The van der Waals surface area contributed by atoms with E-state index in [0.717, 1.165) is 25.9 Å². The Morgan fingerprint density at radius 3 is 2.79 bits per heavy atom. The first-order valence-corrected chi connectivity index (χ1v) is 9.23. The largest absolute Gasteiger partial charge is 0.387 e. The average molecular weight is 352 g/mol. The first-order valence-electron chi connectivity index (χ1n) is 8.35. The average Bonchev–Trinajstić information content (AvgIpc) is 3.18. The highest BCUT2D eigenvalue weighted by Gasteiger charge is 2.40. The van der Waals surface area contributed by atoms with Crippen LogP contribution in [0.4, 0.5) is 0 Å². The third-order valence-corrected chi connectivity index (χ3v) is 5.54. The van der Waals surface area contributed by atoms with E-state index in [1.54, 1.807) is 23.5 Å². The minimum Gasteiger partial charge on any atom is -0.387 e. The lowest BCUT2D eigenvalue weighted by Crippen LogP contribution is -2.50. The van der Waals surface area contributed by atoms with Crippen LogP contribution in [-0.2, 0) is 4.79 Å². The maximum absolute atomic E-state index is 12.4. The molecule has 0 aliphatic carbocycles. The van der Waals surface area contributed by atoms with Gasteiger partial charge in [-0.25, -0.2) is 0 Å². The summed E-state index contributed by atoms with van der Waals surface area (Å²) in [6.07, 6.45) is 3.98. The number of carbonyl (C=O) groups is 2. The summed E-state index contributed by atoms with van der Waals surface area (Å²) in [4.78, 5) is 32.0. The Hall–Kier alpha value is -1.51. The Labute approximate surface area is 145 Å². The second-order valence-electron chi connectivity index (χ2n) is 6.82. The van der Waals surface area contributed by atoms with Crippen LogP contribution in [0.15, 0.2) is 11.7 Å². The lowest BCUT2D eigenvalue weighted by Gasteiger charge is -2.36. The number of piperidine rings is 1. The lowest BCUT2D eigenvalue weighted by molar-refractivity contribution is -0.120. The fraction of sp³-hybridized carbons (Fsp3) is 0.688. The molecule has 0 saturated carbocycles. The van der Waals surface area contributed by atoms with Crippen LogP contribution in [-0.4, -0.2) is 76.1 Å². The van der Waals surface area contributed by atoms with Gasteiger partial charge in [-0.05, 0) is 19.3 Å². The molecule has 2 N–H and O–H groups in total. The second kappa shape index (κ2) is 7.16. The summed E-state index contributed by atoms with van der Waals surface area (Å²) in [5.41, 5.74) is 0.802. The molecular formula is C16H24N4O3S. The summed E-state index contributed by atoms with van der Waals surface area (Å²) in [6.45, 7) is 4.78. The third-order valence-electron chi connectivity index (χ3n) is 4.78. The van der Waals surface area contributed by atoms with Crippen LogP contribution in [0.1, 0.15) is 35.9 Å². The Balaban J connectivity index is 1.49. The highest BCUT2D eigenvalue weighted by atomic mass is 32.1. The minimum absolute atomic E-state index is 0.0140. The number of amides is 2. The highest BCUT2D eigenvalue weighted by Crippen LogP contribution is 2.26. The van der Waals surface area contributed by atoms with E-state index in [9.17, 15) is 14.7 Å². The maximum Gasteiger partial charge on any atom is 0.265 e. The predicted molar refractivity (Wildman–Crippen MR) is 90.9 cm³/mol. The van der Waals surface area contributed by atoms with Crippen molar-refractivity contribution in [1.29, 1.82) is 0 Å². The van der Waals surface area contributed by atoms with Gasteiger partial charge in [0, 0.05) is 39.1 Å². The van der Waals surface area contributed by atoms with E-state index in [0.29, 0.717) is 30.9 Å². The maximum atomic E-state index is 12.4. The molecule has 7 nitrogen and oxygen atoms in total. The van der Waals surface area contributed by atoms with Crippen molar-refractivity contribution in [2.24, 2.45) is 0 Å². The summed E-state index contributed by atoms with van der Waals surface area (Å²) in [7, 11) is 0. The number of aliphatic hydroxyl groups is 1. The van der Waals surface area contributed by atoms with Crippen LogP contribution in [0.3, 0.4) is 0 Å². The fourth-order valence-electron chi connectivity index (χ4n) is 3.58. The quantitative estimate of drug-likeness (QED) is 0.815. The molecule has 0 unspecified atom stereocenters. The van der Waals surface area contributed by atoms with E-state index in [1.807, 2.05) is 0 Å². The van der Waals surface area contributed by atoms with E-state index in [4.69, 9.17) is 0 Å². The summed E-state index contributed by atoms with van der Waals surface area (Å²) in [6, 6.07) is 0.237. The molecule has 2 aliphatic rings. The fourth-order valence-corrected chi connectivity index (χ4v) is 4.16. The standard InChI is InChI=1S/C16H24N4O3S/c1-12(21)18-13-2-5-19(6-3-13)9-16(23)4-7-20(10-16)15(22)14-8-17-11-24-14/h8,11,13,23H,2-7,9-10H2,1H3,(H,18,21)/t16-/m0/s1. The molecule has 132 valence electrons. The molecular weight excluding hydrogens is 328 g/mol. The minimum atomic E-state index is -0.846. The Morgan fingerprint density at radius 1 is 1.42 bits per heavy atom. The second-order valence-corrected chi connectivity index (χ2v) is 7.70. The molecule has 1 aromatic rings. The molecule has 2 amide bonds. The van der Waals surface area contributed by atoms with Gasteiger partial charge in [0.05, 0.1) is 23.9 Å². The molecule has 0 bridgehead atoms. The Bertz CT molecular complexity index is 586. The molecule has 2 fully saturated rings. The summed E-state index contributed by atoms with van der Waals surface area (Å²) in [5, 5.41) is 13.8. The molecule has 2 aliphatic heterocycles. The van der Waals surface area contributed by atoms with Crippen molar-refractivity contribution < 1.29 is 14.7 Å². The predicted octanol–water partition coefficient (Wildman–Crippen LogP) is 0.321. The van der Waals surface area contributed by atoms with Gasteiger partial charge in [0.1, 0.15) is 4.88 Å². The van der Waals surface area contributed by atoms with Crippen molar-refractivity contribution in [3.05, 3.63) is 16.6 Å². The number of hydrogen-bond acceptors (Lipinski definition) is 6. The molecule has 0 aromatic carbocycles. The van der Waals surface area contributed by atoms with Crippen LogP contribution in [0, 0.1) is 0 Å². The van der Waals surface area contributed by atoms with Crippen molar-refractivity contribution in [2.45, 2.75) is 37.8 Å². The molecule has 8 heteroatoms. The number of nitrogens with zero attached hydrogens (tertiary/aromatic N) is 3. The van der Waals surface area contributed by atoms with Gasteiger partial charge >= 0.3 is 0 Å². The van der Waals surface area contributed by atoms with E-state index >= 15 is 0 Å². The van der Waals surface area contributed by atoms with E-state index in [1.165, 1.54) is 11.3 Å². The molecule has 1 aromatic heterocycles. The van der Waals surface area contributed by atoms with Crippen LogP contribution in [0.2, 0.25) is 0 Å². The number of likely N-dealkylation sites (tertiary alicyclic amines) is 2. The van der Waals surface area contributed by atoms with Crippen molar-refractivity contribution in [3.8, 4) is 0 Å². The summed E-state index contributed by atoms with van der Waals surface area (Å²) in [5.74, 6) is -0.0297. The first kappa shape index (κ1) is 17.3. The summed E-state index contributed by atoms with van der Waals surface area (Å²) >= 11 is 1.33. The molecule has 1 atom stereocenters. The zero-order valence-electron chi connectivity index (χ0n) is 13.9. The number of β-amino-alcohol motifs (C(OH)–C–C–N with tert-alkyl or cyclic N) is 1. The van der Waals surface area contributed by atoms with Gasteiger partial charge in [0.25, 0.3) is 5.91 Å². The molecule has 3 heterocycles. The number of hydrogen-bond donors (Lipinski definition) is 2. The zero-order chi connectivity index (χ0) is 17.2. The number of aromatic nitrogens is 1. The Kier molecular flexibility index (Phi) is 5.17. The number of thiazole rings is 1. The first-order chi connectivity index (χ1) is 11.5. The van der Waals surface area contributed by atoms with E-state index < -0.39 is 5.60 Å². The van der Waals surface area contributed by atoms with E-state index in [-0.39, 0.29) is 17.9 Å². The van der Waals surface area contributed by atoms with Crippen molar-refractivity contribution in [1.82, 2.24) is 20.1 Å². The number of rotatable bonds is 4. The number of carbonyl (C=O) groups excluding carboxylic acids is 2. The van der Waals surface area contributed by atoms with Crippen LogP contribution >= 0.6 is 11.3 Å². The number of nitrogens with one attached hydrogen (secondary N) is 1. The lowest BCUT2D eigenvalue weighted by atomic mass is 9.99. The molecule has 2 saturated heterocycles. The highest BCUT2D eigenvalue weighted by molar-refractivity contribution is 7.11. The van der Waals surface area contributed by atoms with Gasteiger partial charge in [-0.15, -0.1) is 11.3 Å². The van der Waals surface area contributed by atoms with Gasteiger partial charge < -0.3 is 20.2 Å². The smallest absolute Gasteiger partial charge is 0.265 e. The van der Waals surface area contributed by atoms with Gasteiger partial charge in [0.2, 0.25) is 5.91 Å². The topological polar surface area (TPSA) is 85.8 Å². The monoisotopic (exact) mass is 352 g/mol. The molecule has 3 rings (SSSR count). The van der Waals surface area contributed by atoms with Crippen molar-refractivity contribution >= 4 is 23.2 Å². The van der Waals surface area contributed by atoms with E-state index in [2.05, 4.69) is 15.2 Å². The van der Waals surface area contributed by atoms with Gasteiger partial charge in [-0.2, -0.15) is 0 Å². The zero-order valence-corrected chi connectivity index (χ0v) is 14.7.